The molecule has 1 aromatic carbocycles. The monoisotopic (exact) mass is 473 g/mol. The number of carbonyl (C=O) groups excluding carboxylic acids is 1. The molecule has 0 atom stereocenters. The van der Waals surface area contributed by atoms with Gasteiger partial charge in [0.05, 0.1) is 15.1 Å². The standard InChI is InChI=1S/C20H15Cl4NO4/c1-8(2)11-6-12-10(5-14(26)29-13(12)4-9(11)3)7-28-20(27)18-16(22)15(21)17(23)19(24)25-18/h4-6,8H,7H2,1-3H3. The number of ether oxygens (including phenoxy) is 1. The van der Waals surface area contributed by atoms with Gasteiger partial charge in [0.2, 0.25) is 0 Å². The van der Waals surface area contributed by atoms with Gasteiger partial charge in [0.15, 0.2) is 5.69 Å². The Kier molecular flexibility index (Phi) is 6.44. The molecule has 9 heteroatoms. The van der Waals surface area contributed by atoms with Gasteiger partial charge in [0.1, 0.15) is 17.3 Å². The number of fused-ring (bicyclic) bond motifs is 1. The van der Waals surface area contributed by atoms with Crippen LogP contribution in [0.2, 0.25) is 20.2 Å². The van der Waals surface area contributed by atoms with E-state index >= 15 is 0 Å². The van der Waals surface area contributed by atoms with Crippen molar-refractivity contribution in [1.29, 1.82) is 0 Å². The van der Waals surface area contributed by atoms with Gasteiger partial charge in [-0.1, -0.05) is 60.3 Å². The van der Waals surface area contributed by atoms with Crippen molar-refractivity contribution in [2.24, 2.45) is 0 Å². The zero-order valence-electron chi connectivity index (χ0n) is 15.6. The quantitative estimate of drug-likeness (QED) is 0.242. The fourth-order valence-electron chi connectivity index (χ4n) is 2.97. The Balaban J connectivity index is 1.98. The summed E-state index contributed by atoms with van der Waals surface area (Å²) in [4.78, 5) is 28.2. The van der Waals surface area contributed by atoms with E-state index in [0.717, 1.165) is 11.1 Å². The second-order valence-electron chi connectivity index (χ2n) is 6.72. The number of halogens is 4. The van der Waals surface area contributed by atoms with E-state index in [1.165, 1.54) is 6.07 Å². The smallest absolute Gasteiger partial charge is 0.358 e. The first-order valence-electron chi connectivity index (χ1n) is 8.54. The molecule has 29 heavy (non-hydrogen) atoms. The highest BCUT2D eigenvalue weighted by Gasteiger charge is 2.22. The van der Waals surface area contributed by atoms with Crippen molar-refractivity contribution in [2.75, 3.05) is 0 Å². The highest BCUT2D eigenvalue weighted by Crippen LogP contribution is 2.36. The van der Waals surface area contributed by atoms with Gasteiger partial charge >= 0.3 is 11.6 Å². The molecule has 0 bridgehead atoms. The number of carbonyl (C=O) groups is 1. The van der Waals surface area contributed by atoms with E-state index in [9.17, 15) is 9.59 Å². The van der Waals surface area contributed by atoms with Gasteiger partial charge in [-0.3, -0.25) is 0 Å². The zero-order chi connectivity index (χ0) is 21.5. The number of hydrogen-bond acceptors (Lipinski definition) is 5. The van der Waals surface area contributed by atoms with Gasteiger partial charge in [0.25, 0.3) is 0 Å². The lowest BCUT2D eigenvalue weighted by Crippen LogP contribution is -2.11. The van der Waals surface area contributed by atoms with Crippen LogP contribution < -0.4 is 5.63 Å². The Bertz CT molecular complexity index is 1190. The lowest BCUT2D eigenvalue weighted by molar-refractivity contribution is 0.0467. The van der Waals surface area contributed by atoms with Crippen LogP contribution in [0, 0.1) is 6.92 Å². The largest absolute Gasteiger partial charge is 0.456 e. The van der Waals surface area contributed by atoms with Gasteiger partial charge < -0.3 is 9.15 Å². The number of pyridine rings is 1. The van der Waals surface area contributed by atoms with Crippen molar-refractivity contribution in [3.8, 4) is 0 Å². The number of esters is 1. The molecule has 0 radical (unpaired) electrons. The number of hydrogen-bond donors (Lipinski definition) is 0. The number of aryl methyl sites for hydroxylation is 1. The fourth-order valence-corrected chi connectivity index (χ4v) is 3.77. The SMILES string of the molecule is Cc1cc2oc(=O)cc(COC(=O)c3nc(Cl)c(Cl)c(Cl)c3Cl)c2cc1C(C)C. The molecule has 0 aliphatic rings. The topological polar surface area (TPSA) is 69.4 Å². The van der Waals surface area contributed by atoms with Crippen molar-refractivity contribution in [3.05, 3.63) is 71.2 Å². The molecular formula is C20H15Cl4NO4. The van der Waals surface area contributed by atoms with Crippen LogP contribution in [-0.2, 0) is 11.3 Å². The van der Waals surface area contributed by atoms with Crippen LogP contribution in [0.25, 0.3) is 11.0 Å². The Morgan fingerprint density at radius 2 is 1.79 bits per heavy atom. The van der Waals surface area contributed by atoms with Gasteiger partial charge in [-0.25, -0.2) is 14.6 Å². The molecule has 0 fully saturated rings. The van der Waals surface area contributed by atoms with E-state index in [1.54, 1.807) is 6.07 Å². The fraction of sp³-hybridized carbons (Fsp3) is 0.250. The number of rotatable bonds is 4. The van der Waals surface area contributed by atoms with Gasteiger partial charge in [0, 0.05) is 17.0 Å². The van der Waals surface area contributed by atoms with Crippen molar-refractivity contribution in [3.63, 3.8) is 0 Å². The van der Waals surface area contributed by atoms with Gasteiger partial charge in [-0.2, -0.15) is 0 Å². The summed E-state index contributed by atoms with van der Waals surface area (Å²) in [7, 11) is 0. The molecule has 0 amide bonds. The maximum atomic E-state index is 12.5. The van der Waals surface area contributed by atoms with E-state index < -0.39 is 11.6 Å². The van der Waals surface area contributed by atoms with Crippen LogP contribution in [0.3, 0.4) is 0 Å². The summed E-state index contributed by atoms with van der Waals surface area (Å²) >= 11 is 23.7. The van der Waals surface area contributed by atoms with E-state index in [2.05, 4.69) is 18.8 Å². The third-order valence-electron chi connectivity index (χ3n) is 4.38. The molecule has 3 rings (SSSR count). The minimum atomic E-state index is -0.854. The summed E-state index contributed by atoms with van der Waals surface area (Å²) in [5.41, 5.74) is 2.20. The molecule has 5 nitrogen and oxygen atoms in total. The summed E-state index contributed by atoms with van der Waals surface area (Å²) < 4.78 is 10.6. The Hall–Kier alpha value is -1.79. The van der Waals surface area contributed by atoms with Crippen LogP contribution in [0.1, 0.15) is 46.9 Å². The van der Waals surface area contributed by atoms with E-state index in [1.807, 2.05) is 13.0 Å². The van der Waals surface area contributed by atoms with Crippen LogP contribution in [0.15, 0.2) is 27.4 Å². The second kappa shape index (κ2) is 8.52. The van der Waals surface area contributed by atoms with Crippen LogP contribution in [-0.4, -0.2) is 11.0 Å². The molecule has 0 spiro atoms. The summed E-state index contributed by atoms with van der Waals surface area (Å²) in [6, 6.07) is 5.02. The first-order chi connectivity index (χ1) is 13.6. The average Bonchev–Trinajstić information content (AvgIpc) is 2.66. The number of nitrogens with zero attached hydrogens (tertiary/aromatic N) is 1. The highest BCUT2D eigenvalue weighted by molar-refractivity contribution is 6.52. The molecular weight excluding hydrogens is 460 g/mol. The average molecular weight is 475 g/mol. The third-order valence-corrected chi connectivity index (χ3v) is 6.05. The predicted octanol–water partition coefficient (Wildman–Crippen LogP) is 6.59. The minimum absolute atomic E-state index is 0.0573. The molecule has 0 saturated carbocycles. The first-order valence-corrected chi connectivity index (χ1v) is 10.1. The zero-order valence-corrected chi connectivity index (χ0v) is 18.6. The van der Waals surface area contributed by atoms with Crippen LogP contribution >= 0.6 is 46.4 Å². The molecule has 0 aliphatic carbocycles. The molecule has 2 heterocycles. The second-order valence-corrected chi connectivity index (χ2v) is 8.21. The van der Waals surface area contributed by atoms with E-state index in [4.69, 9.17) is 55.6 Å². The normalized spacial score (nSPS) is 11.3. The lowest BCUT2D eigenvalue weighted by Gasteiger charge is -2.13. The third kappa shape index (κ3) is 4.38. The van der Waals surface area contributed by atoms with E-state index in [0.29, 0.717) is 16.5 Å². The van der Waals surface area contributed by atoms with Crippen molar-refractivity contribution >= 4 is 63.3 Å². The number of aromatic nitrogens is 1. The molecule has 3 aromatic rings. The molecule has 152 valence electrons. The molecule has 0 N–H and O–H groups in total. The summed E-state index contributed by atoms with van der Waals surface area (Å²) in [5, 5.41) is 0.191. The minimum Gasteiger partial charge on any atom is -0.456 e. The predicted molar refractivity (Wildman–Crippen MR) is 115 cm³/mol. The van der Waals surface area contributed by atoms with Gasteiger partial charge in [-0.05, 0) is 36.1 Å². The molecule has 0 saturated heterocycles. The van der Waals surface area contributed by atoms with Crippen molar-refractivity contribution in [1.82, 2.24) is 4.98 Å². The summed E-state index contributed by atoms with van der Waals surface area (Å²) in [5.74, 6) is -0.587. The molecule has 2 aromatic heterocycles. The lowest BCUT2D eigenvalue weighted by atomic mass is 9.95. The Morgan fingerprint density at radius 3 is 2.45 bits per heavy atom. The maximum Gasteiger partial charge on any atom is 0.358 e. The molecule has 0 unspecified atom stereocenters. The summed E-state index contributed by atoms with van der Waals surface area (Å²) in [6.07, 6.45) is 0. The van der Waals surface area contributed by atoms with E-state index in [-0.39, 0.29) is 38.4 Å². The Labute approximate surface area is 186 Å². The number of benzene rings is 1. The van der Waals surface area contributed by atoms with Crippen molar-refractivity contribution in [2.45, 2.75) is 33.3 Å². The maximum absolute atomic E-state index is 12.5. The molecule has 0 aliphatic heterocycles. The Morgan fingerprint density at radius 1 is 1.10 bits per heavy atom. The van der Waals surface area contributed by atoms with Crippen LogP contribution in [0.4, 0.5) is 0 Å². The summed E-state index contributed by atoms with van der Waals surface area (Å²) in [6.45, 7) is 5.88. The van der Waals surface area contributed by atoms with Crippen molar-refractivity contribution < 1.29 is 13.9 Å². The van der Waals surface area contributed by atoms with Crippen LogP contribution in [0.5, 0.6) is 0 Å². The first kappa shape index (κ1) is 21.9. The highest BCUT2D eigenvalue weighted by atomic mass is 35.5. The van der Waals surface area contributed by atoms with Gasteiger partial charge in [-0.15, -0.1) is 0 Å².